The summed E-state index contributed by atoms with van der Waals surface area (Å²) in [5, 5.41) is 6.62. The largest absolute Gasteiger partial charge is 0.497 e. The van der Waals surface area contributed by atoms with Crippen LogP contribution in [0.5, 0.6) is 11.6 Å². The average Bonchev–Trinajstić information content (AvgIpc) is 4.20. The highest BCUT2D eigenvalue weighted by Crippen LogP contribution is 2.46. The zero-order valence-corrected chi connectivity index (χ0v) is 38.9. The van der Waals surface area contributed by atoms with Crippen LogP contribution in [0.25, 0.3) is 22.0 Å². The van der Waals surface area contributed by atoms with Crippen LogP contribution >= 0.6 is 0 Å². The van der Waals surface area contributed by atoms with Gasteiger partial charge in [-0.15, -0.1) is 0 Å². The highest BCUT2D eigenvalue weighted by molar-refractivity contribution is 7.91. The molecule has 16 nitrogen and oxygen atoms in total. The molecular formula is C48H68N6O10S. The predicted octanol–water partition coefficient (Wildman–Crippen LogP) is 6.22. The van der Waals surface area contributed by atoms with Gasteiger partial charge in [-0.05, 0) is 113 Å². The number of hydrogen-bond donors (Lipinski definition) is 3. The van der Waals surface area contributed by atoms with Crippen molar-refractivity contribution in [1.29, 1.82) is 0 Å². The average molecular weight is 921 g/mol. The molecule has 0 radical (unpaired) electrons. The molecule has 4 fully saturated rings. The van der Waals surface area contributed by atoms with Crippen molar-refractivity contribution in [2.75, 3.05) is 44.9 Å². The Morgan fingerprint density at radius 1 is 1.00 bits per heavy atom. The first-order valence-corrected chi connectivity index (χ1v) is 24.4. The van der Waals surface area contributed by atoms with Crippen LogP contribution in [-0.2, 0) is 33.9 Å². The summed E-state index contributed by atoms with van der Waals surface area (Å²) in [7, 11) is -2.34. The number of sulfonamides is 1. The molecule has 1 aromatic heterocycles. The molecule has 3 aromatic rings. The van der Waals surface area contributed by atoms with Gasteiger partial charge >= 0.3 is 6.09 Å². The van der Waals surface area contributed by atoms with E-state index in [2.05, 4.69) is 39.3 Å². The third kappa shape index (κ3) is 10.5. The number of nitrogens with zero attached hydrogens (tertiary/aromatic N) is 3. The highest BCUT2D eigenvalue weighted by Gasteiger charge is 2.62. The lowest BCUT2D eigenvalue weighted by atomic mass is 9.88. The van der Waals surface area contributed by atoms with E-state index in [4.69, 9.17) is 23.9 Å². The number of allylic oxidation sites excluding steroid dienone is 1. The minimum absolute atomic E-state index is 0. The zero-order chi connectivity index (χ0) is 46.3. The van der Waals surface area contributed by atoms with E-state index in [1.807, 2.05) is 55.5 Å². The zero-order valence-electron chi connectivity index (χ0n) is 38.1. The number of rotatable bonds is 9. The number of hydrogen-bond acceptors (Lipinski definition) is 12. The monoisotopic (exact) mass is 920 g/mol. The smallest absolute Gasteiger partial charge is 0.408 e. The van der Waals surface area contributed by atoms with Gasteiger partial charge in [-0.2, -0.15) is 0 Å². The number of amides is 4. The molecule has 4 amide bonds. The van der Waals surface area contributed by atoms with E-state index in [0.29, 0.717) is 55.7 Å². The van der Waals surface area contributed by atoms with Gasteiger partial charge in [0.25, 0.3) is 5.91 Å². The van der Waals surface area contributed by atoms with Crippen molar-refractivity contribution in [3.63, 3.8) is 0 Å². The lowest BCUT2D eigenvalue weighted by Crippen LogP contribution is -2.59. The van der Waals surface area contributed by atoms with Crippen molar-refractivity contribution >= 4 is 50.3 Å². The molecule has 356 valence electrons. The second kappa shape index (κ2) is 18.5. The van der Waals surface area contributed by atoms with E-state index < -0.39 is 74.3 Å². The Hall–Kier alpha value is -5.42. The van der Waals surface area contributed by atoms with Crippen molar-refractivity contribution in [2.24, 2.45) is 17.8 Å². The first kappa shape index (κ1) is 46.1. The van der Waals surface area contributed by atoms with Crippen molar-refractivity contribution in [2.45, 2.75) is 114 Å². The number of morpholine rings is 1. The van der Waals surface area contributed by atoms with Gasteiger partial charge < -0.3 is 39.4 Å². The van der Waals surface area contributed by atoms with Gasteiger partial charge in [0.15, 0.2) is 0 Å². The normalized spacial score (nSPS) is 28.2. The van der Waals surface area contributed by atoms with Crippen LogP contribution in [-0.4, -0.2) is 117 Å². The Balaban J connectivity index is 0.00000288. The van der Waals surface area contributed by atoms with Gasteiger partial charge in [-0.1, -0.05) is 38.1 Å². The topological polar surface area (TPSA) is 195 Å². The van der Waals surface area contributed by atoms with E-state index >= 15 is 4.79 Å². The van der Waals surface area contributed by atoms with Crippen LogP contribution in [0.4, 0.5) is 10.5 Å². The maximum absolute atomic E-state index is 15.1. The Labute approximate surface area is 385 Å². The molecule has 2 aliphatic carbocycles. The number of carbonyl (C=O) groups excluding carboxylic acids is 4. The molecule has 7 atom stereocenters. The molecule has 0 unspecified atom stereocenters. The van der Waals surface area contributed by atoms with E-state index in [0.717, 1.165) is 36.1 Å². The summed E-state index contributed by atoms with van der Waals surface area (Å²) < 4.78 is 51.9. The van der Waals surface area contributed by atoms with E-state index in [9.17, 15) is 22.8 Å². The Morgan fingerprint density at radius 3 is 2.43 bits per heavy atom. The summed E-state index contributed by atoms with van der Waals surface area (Å²) in [6, 6.07) is 13.4. The van der Waals surface area contributed by atoms with Gasteiger partial charge in [0.2, 0.25) is 27.7 Å². The van der Waals surface area contributed by atoms with Crippen molar-refractivity contribution in [3.8, 4) is 22.9 Å². The van der Waals surface area contributed by atoms with Gasteiger partial charge in [-0.3, -0.25) is 19.1 Å². The van der Waals surface area contributed by atoms with Crippen molar-refractivity contribution in [1.82, 2.24) is 25.2 Å². The molecule has 2 saturated heterocycles. The number of anilines is 1. The van der Waals surface area contributed by atoms with Crippen LogP contribution in [0.15, 0.2) is 60.7 Å². The summed E-state index contributed by atoms with van der Waals surface area (Å²) in [6.45, 7) is 12.1. The lowest BCUT2D eigenvalue weighted by Gasteiger charge is -2.33. The number of nitrogens with one attached hydrogen (secondary N) is 3. The second-order valence-electron chi connectivity index (χ2n) is 19.4. The standard InChI is InChI=1S/C48H62N6O10S.3H2/c1-29-9-7-8-10-33-27-48(33,45(57)52-65(59,60)37-16-17-37)51-42(55)40-26-36(28-54(40)44(56)41(30(2)23-29)50-46(58)64-47(3,4)5)63-43-38-18-15-35(61-6)24-32(38)25-39(49-43)31-11-13-34(14-12-31)53-19-21-62-22-20-53;;;/h8,10-15,18,24-25,29-30,33,36-37,40-41H,7,9,16-17,19-23,26-28H2,1-6H3,(H,50,58)(H,51,55)(H,52,57);3*1H/b10-8-;;;/t29-,30+,33+,36+,40-,41-,48+;;;/m0.../s1. The highest BCUT2D eigenvalue weighted by atomic mass is 32.2. The molecular weight excluding hydrogens is 853 g/mol. The summed E-state index contributed by atoms with van der Waals surface area (Å²) in [5.41, 5.74) is 0.187. The maximum atomic E-state index is 15.1. The fourth-order valence-corrected chi connectivity index (χ4v) is 10.7. The minimum atomic E-state index is -3.93. The number of aromatic nitrogens is 1. The van der Waals surface area contributed by atoms with E-state index in [1.54, 1.807) is 27.9 Å². The molecule has 8 rings (SSSR count). The minimum Gasteiger partial charge on any atom is -0.497 e. The van der Waals surface area contributed by atoms with Crippen LogP contribution in [0.3, 0.4) is 0 Å². The van der Waals surface area contributed by atoms with Crippen molar-refractivity contribution in [3.05, 3.63) is 60.7 Å². The third-order valence-electron chi connectivity index (χ3n) is 13.1. The molecule has 65 heavy (non-hydrogen) atoms. The van der Waals surface area contributed by atoms with Crippen LogP contribution in [0, 0.1) is 17.8 Å². The lowest BCUT2D eigenvalue weighted by molar-refractivity contribution is -0.142. The van der Waals surface area contributed by atoms with E-state index in [-0.39, 0.29) is 41.4 Å². The van der Waals surface area contributed by atoms with Gasteiger partial charge in [-0.25, -0.2) is 18.2 Å². The van der Waals surface area contributed by atoms with Gasteiger partial charge in [0.1, 0.15) is 35.1 Å². The predicted molar refractivity (Wildman–Crippen MR) is 251 cm³/mol. The number of methoxy groups -OCH3 is 1. The van der Waals surface area contributed by atoms with Gasteiger partial charge in [0, 0.05) is 46.3 Å². The second-order valence-corrected chi connectivity index (χ2v) is 21.4. The molecule has 2 aromatic carbocycles. The summed E-state index contributed by atoms with van der Waals surface area (Å²) in [5.74, 6) is -1.70. The number of benzene rings is 2. The summed E-state index contributed by atoms with van der Waals surface area (Å²) >= 11 is 0. The van der Waals surface area contributed by atoms with E-state index in [1.165, 1.54) is 4.90 Å². The molecule has 17 heteroatoms. The number of pyridine rings is 1. The Morgan fingerprint density at radius 2 is 1.74 bits per heavy atom. The quantitative estimate of drug-likeness (QED) is 0.206. The summed E-state index contributed by atoms with van der Waals surface area (Å²) in [4.78, 5) is 66.0. The molecule has 5 aliphatic rings. The summed E-state index contributed by atoms with van der Waals surface area (Å²) in [6.07, 6.45) is 5.45. The number of alkyl carbamates (subject to hydrolysis) is 1. The number of carbonyl (C=O) groups is 4. The van der Waals surface area contributed by atoms with Crippen LogP contribution in [0.2, 0.25) is 0 Å². The molecule has 4 heterocycles. The fraction of sp³-hybridized carbons (Fsp3) is 0.562. The third-order valence-corrected chi connectivity index (χ3v) is 14.9. The molecule has 3 aliphatic heterocycles. The van der Waals surface area contributed by atoms with Crippen molar-refractivity contribution < 1.29 is 50.8 Å². The molecule has 3 N–H and O–H groups in total. The molecule has 0 spiro atoms. The Bertz CT molecular complexity index is 2450. The number of fused-ring (bicyclic) bond motifs is 3. The SMILES string of the molecule is COc1ccc2c(O[C@@H]3C[C@H]4C(=O)N[C@]5(C(=O)NS(=O)(=O)C6CC6)C[C@H]5/C=C\CC[C@H](C)C[C@@H](C)[C@H](NC(=O)OC(C)(C)C)C(=O)N4C3)nc(-c3ccc(N4CCOCC4)cc3)cc2c1.[HH].[HH].[HH]. The maximum Gasteiger partial charge on any atom is 0.408 e. The Kier molecular flexibility index (Phi) is 13.1. The first-order valence-electron chi connectivity index (χ1n) is 22.9. The molecule has 2 saturated carbocycles. The first-order chi connectivity index (χ1) is 30.9. The van der Waals surface area contributed by atoms with Crippen LogP contribution < -0.4 is 29.7 Å². The fourth-order valence-electron chi connectivity index (χ4n) is 9.32. The van der Waals surface area contributed by atoms with Gasteiger partial charge in [0.05, 0.1) is 37.8 Å². The number of ether oxygens (including phenoxy) is 4. The van der Waals surface area contributed by atoms with Crippen LogP contribution in [0.1, 0.15) is 83.8 Å². The molecule has 0 bridgehead atoms.